The number of fused-ring (bicyclic) bond motifs is 4. The molecule has 3 nitrogen and oxygen atoms in total. The van der Waals surface area contributed by atoms with Gasteiger partial charge in [-0.05, 0) is 71.8 Å². The molecule has 35 heavy (non-hydrogen) atoms. The molecular formula is C31H19BrN2O. The van der Waals surface area contributed by atoms with Crippen molar-refractivity contribution < 1.29 is 4.42 Å². The van der Waals surface area contributed by atoms with E-state index in [1.54, 1.807) is 0 Å². The van der Waals surface area contributed by atoms with E-state index < -0.39 is 0 Å². The van der Waals surface area contributed by atoms with Crippen LogP contribution in [-0.4, -0.2) is 9.55 Å². The number of nitrogens with zero attached hydrogens (tertiary/aromatic N) is 2. The Morgan fingerprint density at radius 2 is 1.31 bits per heavy atom. The molecule has 2 aromatic heterocycles. The molecule has 0 spiro atoms. The van der Waals surface area contributed by atoms with Crippen molar-refractivity contribution in [1.29, 1.82) is 0 Å². The largest absolute Gasteiger partial charge is 0.436 e. The Bertz CT molecular complexity index is 1850. The predicted molar refractivity (Wildman–Crippen MR) is 147 cm³/mol. The van der Waals surface area contributed by atoms with Gasteiger partial charge in [-0.25, -0.2) is 4.98 Å². The predicted octanol–water partition coefficient (Wildman–Crippen LogP) is 9.02. The summed E-state index contributed by atoms with van der Waals surface area (Å²) < 4.78 is 9.61. The van der Waals surface area contributed by atoms with Crippen molar-refractivity contribution in [1.82, 2.24) is 9.55 Å². The maximum Gasteiger partial charge on any atom is 0.227 e. The van der Waals surface area contributed by atoms with E-state index in [4.69, 9.17) is 9.40 Å². The summed E-state index contributed by atoms with van der Waals surface area (Å²) in [5, 5.41) is 2.32. The molecular weight excluding hydrogens is 496 g/mol. The molecule has 0 aliphatic rings. The average molecular weight is 515 g/mol. The third kappa shape index (κ3) is 3.37. The number of rotatable bonds is 3. The van der Waals surface area contributed by atoms with Gasteiger partial charge in [0.1, 0.15) is 5.52 Å². The monoisotopic (exact) mass is 514 g/mol. The molecule has 4 heteroatoms. The van der Waals surface area contributed by atoms with Crippen molar-refractivity contribution in [2.45, 2.75) is 0 Å². The molecule has 0 amide bonds. The average Bonchev–Trinajstić information content (AvgIpc) is 3.46. The van der Waals surface area contributed by atoms with E-state index in [0.717, 1.165) is 43.2 Å². The quantitative estimate of drug-likeness (QED) is 0.235. The van der Waals surface area contributed by atoms with E-state index in [1.165, 1.54) is 16.5 Å². The van der Waals surface area contributed by atoms with Crippen molar-refractivity contribution in [3.05, 3.63) is 120 Å². The summed E-state index contributed by atoms with van der Waals surface area (Å²) in [4.78, 5) is 4.83. The lowest BCUT2D eigenvalue weighted by atomic mass is 10.0. The number of oxazole rings is 1. The Morgan fingerprint density at radius 3 is 2.11 bits per heavy atom. The highest BCUT2D eigenvalue weighted by molar-refractivity contribution is 9.10. The second-order valence-corrected chi connectivity index (χ2v) is 9.55. The topological polar surface area (TPSA) is 31.0 Å². The van der Waals surface area contributed by atoms with Gasteiger partial charge in [0.2, 0.25) is 5.89 Å². The molecule has 0 aliphatic carbocycles. The van der Waals surface area contributed by atoms with Crippen LogP contribution in [0.3, 0.4) is 0 Å². The maximum atomic E-state index is 6.23. The van der Waals surface area contributed by atoms with Crippen molar-refractivity contribution in [2.24, 2.45) is 0 Å². The highest BCUT2D eigenvalue weighted by atomic mass is 79.9. The molecule has 7 rings (SSSR count). The molecule has 0 atom stereocenters. The minimum atomic E-state index is 0.638. The minimum absolute atomic E-state index is 0.638. The van der Waals surface area contributed by atoms with Crippen molar-refractivity contribution >= 4 is 48.8 Å². The SMILES string of the molecule is Brc1cccc(-c2ccc3c(c2)c2cc4oc(-c5ccccc5)nc4cc2n3-c2ccccc2)c1. The number of benzene rings is 5. The van der Waals surface area contributed by atoms with E-state index in [-0.39, 0.29) is 0 Å². The number of hydrogen-bond donors (Lipinski definition) is 0. The molecule has 166 valence electrons. The lowest BCUT2D eigenvalue weighted by Gasteiger charge is -2.08. The molecule has 0 aliphatic heterocycles. The van der Waals surface area contributed by atoms with Gasteiger partial charge >= 0.3 is 0 Å². The highest BCUT2D eigenvalue weighted by Crippen LogP contribution is 2.38. The minimum Gasteiger partial charge on any atom is -0.436 e. The van der Waals surface area contributed by atoms with Crippen molar-refractivity contribution in [3.63, 3.8) is 0 Å². The lowest BCUT2D eigenvalue weighted by molar-refractivity contribution is 0.620. The molecule has 7 aromatic rings. The Labute approximate surface area is 210 Å². The van der Waals surface area contributed by atoms with Crippen LogP contribution in [0.25, 0.3) is 61.2 Å². The summed E-state index contributed by atoms with van der Waals surface area (Å²) in [6.07, 6.45) is 0. The van der Waals surface area contributed by atoms with Crippen LogP contribution in [0.2, 0.25) is 0 Å². The summed E-state index contributed by atoms with van der Waals surface area (Å²) in [5.74, 6) is 0.638. The van der Waals surface area contributed by atoms with Crippen LogP contribution in [0.15, 0.2) is 124 Å². The molecule has 5 aromatic carbocycles. The van der Waals surface area contributed by atoms with Crippen LogP contribution in [0.1, 0.15) is 0 Å². The van der Waals surface area contributed by atoms with Crippen LogP contribution < -0.4 is 0 Å². The standard InChI is InChI=1S/C31H19BrN2O/c32-23-11-7-10-21(16-23)22-14-15-28-25(17-22)26-18-30-27(33-31(35-30)20-8-3-1-4-9-20)19-29(26)34(28)24-12-5-2-6-13-24/h1-19H. The third-order valence-corrected chi connectivity index (χ3v) is 6.96. The van der Waals surface area contributed by atoms with Gasteiger partial charge in [0.05, 0.1) is 11.0 Å². The molecule has 0 unspecified atom stereocenters. The fourth-order valence-corrected chi connectivity index (χ4v) is 5.25. The smallest absolute Gasteiger partial charge is 0.227 e. The van der Waals surface area contributed by atoms with Gasteiger partial charge in [-0.3, -0.25) is 0 Å². The first kappa shape index (κ1) is 20.2. The van der Waals surface area contributed by atoms with Crippen LogP contribution in [0.4, 0.5) is 0 Å². The zero-order chi connectivity index (χ0) is 23.4. The maximum absolute atomic E-state index is 6.23. The summed E-state index contributed by atoms with van der Waals surface area (Å²) in [6, 6.07) is 39.9. The van der Waals surface area contributed by atoms with E-state index >= 15 is 0 Å². The van der Waals surface area contributed by atoms with E-state index in [0.29, 0.717) is 5.89 Å². The van der Waals surface area contributed by atoms with Crippen LogP contribution in [0.5, 0.6) is 0 Å². The zero-order valence-corrected chi connectivity index (χ0v) is 20.2. The lowest BCUT2D eigenvalue weighted by Crippen LogP contribution is -1.93. The Morgan fingerprint density at radius 1 is 0.600 bits per heavy atom. The summed E-state index contributed by atoms with van der Waals surface area (Å²) >= 11 is 3.61. The number of para-hydroxylation sites is 1. The van der Waals surface area contributed by atoms with Gasteiger partial charge in [0.15, 0.2) is 5.58 Å². The molecule has 2 heterocycles. The first-order chi connectivity index (χ1) is 17.2. The molecule has 0 saturated carbocycles. The first-order valence-corrected chi connectivity index (χ1v) is 12.3. The highest BCUT2D eigenvalue weighted by Gasteiger charge is 2.17. The third-order valence-electron chi connectivity index (χ3n) is 6.47. The van der Waals surface area contributed by atoms with Gasteiger partial charge in [-0.15, -0.1) is 0 Å². The van der Waals surface area contributed by atoms with E-state index in [2.05, 4.69) is 93.3 Å². The van der Waals surface area contributed by atoms with Gasteiger partial charge < -0.3 is 8.98 Å². The van der Waals surface area contributed by atoms with E-state index in [9.17, 15) is 0 Å². The van der Waals surface area contributed by atoms with Crippen molar-refractivity contribution in [2.75, 3.05) is 0 Å². The van der Waals surface area contributed by atoms with Gasteiger partial charge in [-0.1, -0.05) is 70.5 Å². The zero-order valence-electron chi connectivity index (χ0n) is 18.7. The molecule has 0 N–H and O–H groups in total. The molecule has 0 radical (unpaired) electrons. The summed E-state index contributed by atoms with van der Waals surface area (Å²) in [5.41, 5.74) is 8.34. The second kappa shape index (κ2) is 7.97. The first-order valence-electron chi connectivity index (χ1n) is 11.5. The van der Waals surface area contributed by atoms with Crippen molar-refractivity contribution in [3.8, 4) is 28.3 Å². The van der Waals surface area contributed by atoms with Crippen LogP contribution in [-0.2, 0) is 0 Å². The Kier molecular flexibility index (Phi) is 4.61. The van der Waals surface area contributed by atoms with Gasteiger partial charge in [0, 0.05) is 26.5 Å². The summed E-state index contributed by atoms with van der Waals surface area (Å²) in [6.45, 7) is 0. The molecule has 0 saturated heterocycles. The van der Waals surface area contributed by atoms with Gasteiger partial charge in [-0.2, -0.15) is 0 Å². The Balaban J connectivity index is 1.53. The second-order valence-electron chi connectivity index (χ2n) is 8.64. The molecule has 0 fully saturated rings. The van der Waals surface area contributed by atoms with Crippen LogP contribution in [0, 0.1) is 0 Å². The number of hydrogen-bond acceptors (Lipinski definition) is 2. The fourth-order valence-electron chi connectivity index (χ4n) is 4.85. The Hall–Kier alpha value is -4.15. The normalized spacial score (nSPS) is 11.6. The van der Waals surface area contributed by atoms with E-state index in [1.807, 2.05) is 42.5 Å². The fraction of sp³-hybridized carbons (Fsp3) is 0. The number of aromatic nitrogens is 2. The van der Waals surface area contributed by atoms with Gasteiger partial charge in [0.25, 0.3) is 0 Å². The van der Waals surface area contributed by atoms with Crippen LogP contribution >= 0.6 is 15.9 Å². The molecule has 0 bridgehead atoms. The number of halogens is 1. The summed E-state index contributed by atoms with van der Waals surface area (Å²) in [7, 11) is 0.